The average Bonchev–Trinajstić information content (AvgIpc) is 3.32. The number of nitrogens with zero attached hydrogens (tertiary/aromatic N) is 4. The van der Waals surface area contributed by atoms with Gasteiger partial charge in [0.2, 0.25) is 0 Å². The highest BCUT2D eigenvalue weighted by molar-refractivity contribution is 6.06. The summed E-state index contributed by atoms with van der Waals surface area (Å²) in [7, 11) is 0. The molecular weight excluding hydrogens is 366 g/mol. The fourth-order valence-electron chi connectivity index (χ4n) is 3.22. The van der Waals surface area contributed by atoms with Crippen LogP contribution in [0.5, 0.6) is 0 Å². The Morgan fingerprint density at radius 1 is 1.17 bits per heavy atom. The lowest BCUT2D eigenvalue weighted by Crippen LogP contribution is -2.23. The Hall–Kier alpha value is -3.48. The third-order valence-electron chi connectivity index (χ3n) is 4.75. The van der Waals surface area contributed by atoms with Crippen LogP contribution in [0.3, 0.4) is 0 Å². The molecule has 1 amide bonds. The van der Waals surface area contributed by atoms with E-state index < -0.39 is 0 Å². The molecule has 0 saturated carbocycles. The van der Waals surface area contributed by atoms with E-state index in [9.17, 15) is 4.79 Å². The molecule has 7 heteroatoms. The summed E-state index contributed by atoms with van der Waals surface area (Å²) in [6.07, 6.45) is 1.70. The molecule has 3 heterocycles. The minimum atomic E-state index is -0.199. The number of rotatable bonds is 5. The van der Waals surface area contributed by atoms with E-state index in [1.54, 1.807) is 12.3 Å². The topological polar surface area (TPSA) is 85.8 Å². The highest BCUT2D eigenvalue weighted by Gasteiger charge is 2.18. The van der Waals surface area contributed by atoms with Crippen LogP contribution in [-0.2, 0) is 6.54 Å². The van der Waals surface area contributed by atoms with Crippen LogP contribution in [0.15, 0.2) is 47.1 Å². The number of nitrogens with one attached hydrogen (secondary N) is 1. The third-order valence-corrected chi connectivity index (χ3v) is 4.75. The zero-order valence-electron chi connectivity index (χ0n) is 16.9. The van der Waals surface area contributed by atoms with Crippen molar-refractivity contribution in [3.8, 4) is 11.3 Å². The van der Waals surface area contributed by atoms with Crippen LogP contribution in [0.25, 0.3) is 22.3 Å². The summed E-state index contributed by atoms with van der Waals surface area (Å²) in [4.78, 5) is 17.8. The number of hydrogen-bond acceptors (Lipinski definition) is 5. The molecule has 0 radical (unpaired) electrons. The van der Waals surface area contributed by atoms with Crippen LogP contribution in [-0.4, -0.2) is 25.8 Å². The molecule has 3 aromatic heterocycles. The van der Waals surface area contributed by atoms with E-state index in [0.717, 1.165) is 16.6 Å². The zero-order chi connectivity index (χ0) is 20.5. The van der Waals surface area contributed by atoms with Gasteiger partial charge in [0.25, 0.3) is 5.91 Å². The summed E-state index contributed by atoms with van der Waals surface area (Å²) >= 11 is 0. The molecule has 0 bridgehead atoms. The van der Waals surface area contributed by atoms with Gasteiger partial charge in [-0.2, -0.15) is 5.10 Å². The van der Waals surface area contributed by atoms with Gasteiger partial charge in [-0.05, 0) is 33.8 Å². The second-order valence-corrected chi connectivity index (χ2v) is 7.45. The van der Waals surface area contributed by atoms with Crippen LogP contribution < -0.4 is 5.32 Å². The van der Waals surface area contributed by atoms with E-state index in [1.165, 1.54) is 5.56 Å². The number of aryl methyl sites for hydroxylation is 2. The predicted molar refractivity (Wildman–Crippen MR) is 110 cm³/mol. The first-order valence-corrected chi connectivity index (χ1v) is 9.58. The van der Waals surface area contributed by atoms with Crippen molar-refractivity contribution in [2.45, 2.75) is 40.3 Å². The van der Waals surface area contributed by atoms with E-state index in [4.69, 9.17) is 9.51 Å². The van der Waals surface area contributed by atoms with Crippen molar-refractivity contribution < 1.29 is 9.32 Å². The van der Waals surface area contributed by atoms with Gasteiger partial charge in [0, 0.05) is 17.7 Å². The quantitative estimate of drug-likeness (QED) is 0.552. The number of pyridine rings is 1. The molecule has 0 unspecified atom stereocenters. The minimum Gasteiger partial charge on any atom is -0.361 e. The second-order valence-electron chi connectivity index (χ2n) is 7.45. The molecule has 0 aliphatic rings. The maximum absolute atomic E-state index is 13.0. The summed E-state index contributed by atoms with van der Waals surface area (Å²) in [5.41, 5.74) is 4.77. The van der Waals surface area contributed by atoms with Gasteiger partial charge in [-0.15, -0.1) is 0 Å². The van der Waals surface area contributed by atoms with Crippen molar-refractivity contribution in [1.82, 2.24) is 25.2 Å². The van der Waals surface area contributed by atoms with Crippen molar-refractivity contribution in [2.75, 3.05) is 0 Å². The highest BCUT2D eigenvalue weighted by atomic mass is 16.5. The predicted octanol–water partition coefficient (Wildman–Crippen LogP) is 4.21. The van der Waals surface area contributed by atoms with Gasteiger partial charge in [-0.3, -0.25) is 4.79 Å². The Labute approximate surface area is 168 Å². The Morgan fingerprint density at radius 2 is 1.93 bits per heavy atom. The van der Waals surface area contributed by atoms with Gasteiger partial charge < -0.3 is 9.84 Å². The Kier molecular flexibility index (Phi) is 4.88. The molecule has 0 spiro atoms. The lowest BCUT2D eigenvalue weighted by atomic mass is 10.1. The van der Waals surface area contributed by atoms with E-state index >= 15 is 0 Å². The van der Waals surface area contributed by atoms with Crippen LogP contribution >= 0.6 is 0 Å². The van der Waals surface area contributed by atoms with Gasteiger partial charge >= 0.3 is 0 Å². The molecule has 0 saturated heterocycles. The molecule has 0 fully saturated rings. The van der Waals surface area contributed by atoms with Gasteiger partial charge in [-0.1, -0.05) is 35.0 Å². The van der Waals surface area contributed by atoms with Gasteiger partial charge in [0.1, 0.15) is 11.5 Å². The summed E-state index contributed by atoms with van der Waals surface area (Å²) in [5, 5.41) is 12.0. The number of benzene rings is 1. The summed E-state index contributed by atoms with van der Waals surface area (Å²) in [5.74, 6) is 0.509. The first-order chi connectivity index (χ1) is 13.9. The van der Waals surface area contributed by atoms with E-state index in [0.29, 0.717) is 22.7 Å². The minimum absolute atomic E-state index is 0.127. The van der Waals surface area contributed by atoms with E-state index in [1.807, 2.05) is 62.7 Å². The molecule has 1 aromatic carbocycles. The van der Waals surface area contributed by atoms with Gasteiger partial charge in [0.15, 0.2) is 5.65 Å². The maximum Gasteiger partial charge on any atom is 0.252 e. The van der Waals surface area contributed by atoms with Crippen molar-refractivity contribution in [1.29, 1.82) is 0 Å². The van der Waals surface area contributed by atoms with Crippen LogP contribution in [0.1, 0.15) is 47.3 Å². The average molecular weight is 389 g/mol. The largest absolute Gasteiger partial charge is 0.361 e. The zero-order valence-corrected chi connectivity index (χ0v) is 16.9. The number of aromatic nitrogens is 4. The highest BCUT2D eigenvalue weighted by Crippen LogP contribution is 2.26. The van der Waals surface area contributed by atoms with Crippen molar-refractivity contribution >= 4 is 16.9 Å². The standard InChI is InChI=1S/C22H23N5O2/c1-13(2)27-21-19(12-24-27)18(22(28)23-11-17-9-15(4)29-26-17)10-20(25-21)16-7-5-14(3)6-8-16/h5-10,12-13H,11H2,1-4H3,(H,23,28). The Morgan fingerprint density at radius 3 is 2.59 bits per heavy atom. The number of amides is 1. The van der Waals surface area contributed by atoms with Gasteiger partial charge in [-0.25, -0.2) is 9.67 Å². The normalized spacial score (nSPS) is 11.3. The molecule has 7 nitrogen and oxygen atoms in total. The van der Waals surface area contributed by atoms with Crippen molar-refractivity contribution in [3.05, 3.63) is 65.2 Å². The summed E-state index contributed by atoms with van der Waals surface area (Å²) in [6, 6.07) is 11.8. The first kappa shape index (κ1) is 18.9. The maximum atomic E-state index is 13.0. The van der Waals surface area contributed by atoms with E-state index in [2.05, 4.69) is 15.6 Å². The van der Waals surface area contributed by atoms with Crippen molar-refractivity contribution in [3.63, 3.8) is 0 Å². The van der Waals surface area contributed by atoms with Crippen molar-refractivity contribution in [2.24, 2.45) is 0 Å². The molecule has 148 valence electrons. The van der Waals surface area contributed by atoms with Crippen LogP contribution in [0.2, 0.25) is 0 Å². The molecule has 29 heavy (non-hydrogen) atoms. The SMILES string of the molecule is Cc1ccc(-c2cc(C(=O)NCc3cc(C)on3)c3cnn(C(C)C)c3n2)cc1. The van der Waals surface area contributed by atoms with Crippen LogP contribution in [0, 0.1) is 13.8 Å². The monoisotopic (exact) mass is 389 g/mol. The summed E-state index contributed by atoms with van der Waals surface area (Å²) in [6.45, 7) is 8.23. The molecular formula is C22H23N5O2. The van der Waals surface area contributed by atoms with Gasteiger partial charge in [0.05, 0.1) is 29.4 Å². The molecule has 0 aliphatic heterocycles. The number of carbonyl (C=O) groups is 1. The number of fused-ring (bicyclic) bond motifs is 1. The number of hydrogen-bond donors (Lipinski definition) is 1. The lowest BCUT2D eigenvalue weighted by molar-refractivity contribution is 0.0951. The molecule has 1 N–H and O–H groups in total. The summed E-state index contributed by atoms with van der Waals surface area (Å²) < 4.78 is 6.90. The molecule has 4 aromatic rings. The number of carbonyl (C=O) groups excluding carboxylic acids is 1. The fourth-order valence-corrected chi connectivity index (χ4v) is 3.22. The van der Waals surface area contributed by atoms with Crippen LogP contribution in [0.4, 0.5) is 0 Å². The smallest absolute Gasteiger partial charge is 0.252 e. The van der Waals surface area contributed by atoms with E-state index in [-0.39, 0.29) is 18.5 Å². The Bertz CT molecular complexity index is 1170. The molecule has 4 rings (SSSR count). The second kappa shape index (κ2) is 7.50. The molecule has 0 aliphatic carbocycles. The Balaban J connectivity index is 1.76. The third kappa shape index (κ3) is 3.76. The first-order valence-electron chi connectivity index (χ1n) is 9.58. The molecule has 0 atom stereocenters. The lowest BCUT2D eigenvalue weighted by Gasteiger charge is -2.11. The fraction of sp³-hybridized carbons (Fsp3) is 0.273.